The predicted octanol–water partition coefficient (Wildman–Crippen LogP) is 4.43. The maximum atomic E-state index is 13.3. The van der Waals surface area contributed by atoms with E-state index < -0.39 is 11.6 Å². The molecule has 3 aromatic rings. The summed E-state index contributed by atoms with van der Waals surface area (Å²) in [5.41, 5.74) is 4.04. The molecule has 0 atom stereocenters. The van der Waals surface area contributed by atoms with Gasteiger partial charge in [0.15, 0.2) is 17.5 Å². The second-order valence-electron chi connectivity index (χ2n) is 7.96. The van der Waals surface area contributed by atoms with Crippen LogP contribution >= 0.6 is 11.8 Å². The molecule has 0 saturated carbocycles. The average molecular weight is 470 g/mol. The second kappa shape index (κ2) is 10.2. The van der Waals surface area contributed by atoms with Crippen LogP contribution in [0.3, 0.4) is 0 Å². The third kappa shape index (κ3) is 5.78. The molecule has 1 aromatic heterocycles. The van der Waals surface area contributed by atoms with Crippen molar-refractivity contribution in [3.05, 3.63) is 71.3 Å². The minimum absolute atomic E-state index is 0.0849. The number of thioether (sulfide) groups is 1. The molecule has 6 nitrogen and oxygen atoms in total. The lowest BCUT2D eigenvalue weighted by atomic mass is 10.1. The van der Waals surface area contributed by atoms with E-state index in [0.29, 0.717) is 5.03 Å². The first-order chi connectivity index (χ1) is 15.9. The Morgan fingerprint density at radius 2 is 1.70 bits per heavy atom. The van der Waals surface area contributed by atoms with Gasteiger partial charge in [-0.1, -0.05) is 23.9 Å². The van der Waals surface area contributed by atoms with Crippen LogP contribution in [0.4, 0.5) is 26.0 Å². The van der Waals surface area contributed by atoms with Crippen LogP contribution in [0.5, 0.6) is 0 Å². The zero-order chi connectivity index (χ0) is 23.4. The molecule has 1 amide bonds. The number of carbonyl (C=O) groups is 1. The van der Waals surface area contributed by atoms with Crippen LogP contribution in [0.15, 0.2) is 53.6 Å². The first-order valence-corrected chi connectivity index (χ1v) is 11.7. The molecular formula is C24H25F2N5OS. The Labute approximate surface area is 196 Å². The summed E-state index contributed by atoms with van der Waals surface area (Å²) in [5, 5.41) is 11.7. The summed E-state index contributed by atoms with van der Waals surface area (Å²) in [6, 6.07) is 13.5. The second-order valence-corrected chi connectivity index (χ2v) is 8.96. The Bertz CT molecular complexity index is 1130. The summed E-state index contributed by atoms with van der Waals surface area (Å²) in [7, 11) is 0. The van der Waals surface area contributed by atoms with Gasteiger partial charge in [-0.2, -0.15) is 0 Å². The molecule has 33 heavy (non-hydrogen) atoms. The fraction of sp³-hybridized carbons (Fsp3) is 0.292. The van der Waals surface area contributed by atoms with Gasteiger partial charge in [0.1, 0.15) is 5.03 Å². The van der Waals surface area contributed by atoms with E-state index >= 15 is 0 Å². The van der Waals surface area contributed by atoms with E-state index in [1.54, 1.807) is 0 Å². The summed E-state index contributed by atoms with van der Waals surface area (Å²) in [4.78, 5) is 16.7. The zero-order valence-corrected chi connectivity index (χ0v) is 19.3. The lowest BCUT2D eigenvalue weighted by Crippen LogP contribution is -2.47. The molecule has 0 aliphatic carbocycles. The first kappa shape index (κ1) is 23.0. The van der Waals surface area contributed by atoms with Crippen molar-refractivity contribution in [3.8, 4) is 0 Å². The van der Waals surface area contributed by atoms with Crippen LogP contribution in [0.1, 0.15) is 11.1 Å². The van der Waals surface area contributed by atoms with Crippen LogP contribution in [0, 0.1) is 25.5 Å². The summed E-state index contributed by atoms with van der Waals surface area (Å²) in [6.07, 6.45) is 0. The van der Waals surface area contributed by atoms with E-state index in [0.717, 1.165) is 44.1 Å². The molecule has 0 spiro atoms. The number of benzene rings is 2. The van der Waals surface area contributed by atoms with Crippen LogP contribution in [0.2, 0.25) is 0 Å². The smallest absolute Gasteiger partial charge is 0.234 e. The molecule has 0 unspecified atom stereocenters. The summed E-state index contributed by atoms with van der Waals surface area (Å²) >= 11 is 1.23. The quantitative estimate of drug-likeness (QED) is 0.539. The zero-order valence-electron chi connectivity index (χ0n) is 18.5. The average Bonchev–Trinajstić information content (AvgIpc) is 2.82. The van der Waals surface area contributed by atoms with Crippen molar-refractivity contribution in [2.75, 3.05) is 47.0 Å². The van der Waals surface area contributed by atoms with Gasteiger partial charge in [0.2, 0.25) is 5.91 Å². The Morgan fingerprint density at radius 1 is 0.939 bits per heavy atom. The minimum Gasteiger partial charge on any atom is -0.368 e. The van der Waals surface area contributed by atoms with Crippen LogP contribution < -0.4 is 15.1 Å². The Kier molecular flexibility index (Phi) is 7.08. The summed E-state index contributed by atoms with van der Waals surface area (Å²) in [5.74, 6) is -1.39. The number of amides is 1. The number of halogens is 2. The van der Waals surface area contributed by atoms with Crippen molar-refractivity contribution >= 4 is 34.9 Å². The van der Waals surface area contributed by atoms with Gasteiger partial charge in [0.05, 0.1) is 5.75 Å². The van der Waals surface area contributed by atoms with Crippen molar-refractivity contribution in [3.63, 3.8) is 0 Å². The number of piperazine rings is 1. The summed E-state index contributed by atoms with van der Waals surface area (Å²) in [6.45, 7) is 7.78. The van der Waals surface area contributed by atoms with E-state index in [9.17, 15) is 13.6 Å². The third-order valence-electron chi connectivity index (χ3n) is 5.49. The fourth-order valence-electron chi connectivity index (χ4n) is 3.71. The largest absolute Gasteiger partial charge is 0.368 e. The number of carbonyl (C=O) groups excluding carboxylic acids is 1. The molecule has 4 rings (SSSR count). The maximum Gasteiger partial charge on any atom is 0.234 e. The normalized spacial score (nSPS) is 13.8. The van der Waals surface area contributed by atoms with Gasteiger partial charge >= 0.3 is 0 Å². The highest BCUT2D eigenvalue weighted by atomic mass is 32.2. The molecule has 1 fully saturated rings. The van der Waals surface area contributed by atoms with Gasteiger partial charge in [-0.15, -0.1) is 10.2 Å². The molecule has 0 bridgehead atoms. The lowest BCUT2D eigenvalue weighted by Gasteiger charge is -2.37. The van der Waals surface area contributed by atoms with E-state index in [1.807, 2.05) is 12.1 Å². The van der Waals surface area contributed by atoms with Crippen molar-refractivity contribution in [1.82, 2.24) is 10.2 Å². The first-order valence-electron chi connectivity index (χ1n) is 10.7. The highest BCUT2D eigenvalue weighted by Crippen LogP contribution is 2.25. The third-order valence-corrected chi connectivity index (χ3v) is 6.41. The SMILES string of the molecule is Cc1ccc(C)c(N2CCN(c3ccc(SCC(=O)Nc4ccc(F)c(F)c4)nn3)CC2)c1. The van der Waals surface area contributed by atoms with Gasteiger partial charge in [0.25, 0.3) is 0 Å². The molecule has 1 saturated heterocycles. The van der Waals surface area contributed by atoms with E-state index in [-0.39, 0.29) is 17.3 Å². The number of aryl methyl sites for hydroxylation is 2. The maximum absolute atomic E-state index is 13.3. The monoisotopic (exact) mass is 469 g/mol. The number of nitrogens with one attached hydrogen (secondary N) is 1. The van der Waals surface area contributed by atoms with Crippen LogP contribution in [-0.2, 0) is 4.79 Å². The molecule has 9 heteroatoms. The van der Waals surface area contributed by atoms with Gasteiger partial charge in [0, 0.05) is 43.6 Å². The van der Waals surface area contributed by atoms with Crippen LogP contribution in [-0.4, -0.2) is 48.0 Å². The molecule has 2 aromatic carbocycles. The van der Waals surface area contributed by atoms with Crippen molar-refractivity contribution in [2.45, 2.75) is 18.9 Å². The fourth-order valence-corrected chi connectivity index (χ4v) is 4.32. The topological polar surface area (TPSA) is 61.4 Å². The molecule has 2 heterocycles. The van der Waals surface area contributed by atoms with Gasteiger partial charge in [-0.05, 0) is 55.3 Å². The Morgan fingerprint density at radius 3 is 2.39 bits per heavy atom. The molecular weight excluding hydrogens is 444 g/mol. The van der Waals surface area contributed by atoms with E-state index in [2.05, 4.69) is 57.4 Å². The van der Waals surface area contributed by atoms with Crippen LogP contribution in [0.25, 0.3) is 0 Å². The number of aromatic nitrogens is 2. The van der Waals surface area contributed by atoms with Crippen molar-refractivity contribution in [1.29, 1.82) is 0 Å². The molecule has 0 radical (unpaired) electrons. The van der Waals surface area contributed by atoms with Crippen molar-refractivity contribution < 1.29 is 13.6 Å². The molecule has 1 N–H and O–H groups in total. The summed E-state index contributed by atoms with van der Waals surface area (Å²) < 4.78 is 26.2. The number of hydrogen-bond acceptors (Lipinski definition) is 6. The Balaban J connectivity index is 1.27. The Hall–Kier alpha value is -3.20. The minimum atomic E-state index is -1.00. The highest BCUT2D eigenvalue weighted by molar-refractivity contribution is 7.99. The standard InChI is InChI=1S/C24H25F2N5OS/c1-16-3-4-17(2)21(13-16)30-9-11-31(12-10-30)22-7-8-24(29-28-22)33-15-23(32)27-18-5-6-19(25)20(26)14-18/h3-8,13-14H,9-12,15H2,1-2H3,(H,27,32). The lowest BCUT2D eigenvalue weighted by molar-refractivity contribution is -0.113. The number of rotatable bonds is 6. The van der Waals surface area contributed by atoms with E-state index in [1.165, 1.54) is 34.6 Å². The van der Waals surface area contributed by atoms with Gasteiger partial charge in [-0.3, -0.25) is 4.79 Å². The molecule has 172 valence electrons. The molecule has 1 aliphatic rings. The van der Waals surface area contributed by atoms with Gasteiger partial charge in [-0.25, -0.2) is 8.78 Å². The number of hydrogen-bond donors (Lipinski definition) is 1. The highest BCUT2D eigenvalue weighted by Gasteiger charge is 2.20. The number of anilines is 3. The van der Waals surface area contributed by atoms with E-state index in [4.69, 9.17) is 0 Å². The predicted molar refractivity (Wildman–Crippen MR) is 128 cm³/mol. The van der Waals surface area contributed by atoms with Gasteiger partial charge < -0.3 is 15.1 Å². The number of nitrogens with zero attached hydrogens (tertiary/aromatic N) is 4. The molecule has 1 aliphatic heterocycles. The van der Waals surface area contributed by atoms with Crippen molar-refractivity contribution in [2.24, 2.45) is 0 Å².